The molecule has 0 unspecified atom stereocenters. The first-order valence-electron chi connectivity index (χ1n) is 5.12. The van der Waals surface area contributed by atoms with Crippen molar-refractivity contribution in [2.75, 3.05) is 37.0 Å². The van der Waals surface area contributed by atoms with E-state index < -0.39 is 0 Å². The fourth-order valence-electron chi connectivity index (χ4n) is 1.35. The van der Waals surface area contributed by atoms with Gasteiger partial charge in [-0.05, 0) is 35.0 Å². The van der Waals surface area contributed by atoms with E-state index in [-0.39, 0.29) is 0 Å². The van der Waals surface area contributed by atoms with Crippen LogP contribution >= 0.6 is 31.9 Å². The molecule has 0 aliphatic rings. The van der Waals surface area contributed by atoms with E-state index in [0.29, 0.717) is 6.61 Å². The third-order valence-corrected chi connectivity index (χ3v) is 3.44. The number of methoxy groups -OCH3 is 1. The van der Waals surface area contributed by atoms with Crippen LogP contribution in [-0.4, -0.2) is 37.1 Å². The average molecular weight is 352 g/mol. The van der Waals surface area contributed by atoms with E-state index in [2.05, 4.69) is 41.7 Å². The quantitative estimate of drug-likeness (QED) is 0.736. The lowest BCUT2D eigenvalue weighted by Gasteiger charge is -2.22. The molecule has 0 fully saturated rings. The molecule has 1 aromatic rings. The van der Waals surface area contributed by atoms with Gasteiger partial charge in [-0.3, -0.25) is 0 Å². The first kappa shape index (κ1) is 13.9. The number of nitrogens with zero attached hydrogens (tertiary/aromatic N) is 2. The van der Waals surface area contributed by atoms with Gasteiger partial charge in [0.1, 0.15) is 5.82 Å². The van der Waals surface area contributed by atoms with Crippen molar-refractivity contribution in [2.45, 2.75) is 6.92 Å². The largest absolute Gasteiger partial charge is 0.383 e. The molecule has 0 aliphatic heterocycles. The van der Waals surface area contributed by atoms with E-state index in [9.17, 15) is 0 Å². The van der Waals surface area contributed by atoms with Gasteiger partial charge in [0.25, 0.3) is 0 Å². The highest BCUT2D eigenvalue weighted by Gasteiger charge is 2.08. The van der Waals surface area contributed by atoms with Crippen LogP contribution in [0.25, 0.3) is 0 Å². The number of alkyl halides is 1. The van der Waals surface area contributed by atoms with Crippen molar-refractivity contribution in [3.8, 4) is 0 Å². The molecule has 0 aliphatic carbocycles. The molecule has 3 nitrogen and oxygen atoms in total. The molecule has 16 heavy (non-hydrogen) atoms. The monoisotopic (exact) mass is 350 g/mol. The summed E-state index contributed by atoms with van der Waals surface area (Å²) in [5, 5.41) is 0.924. The molecule has 1 rings (SSSR count). The standard InChI is InChI=1S/C11H16Br2N2O/c1-9-10(13)3-4-11(14-9)15(6-5-12)7-8-16-2/h3-4H,5-8H2,1-2H3. The predicted octanol–water partition coefficient (Wildman–Crippen LogP) is 3.00. The van der Waals surface area contributed by atoms with E-state index in [1.54, 1.807) is 7.11 Å². The topological polar surface area (TPSA) is 25.4 Å². The lowest BCUT2D eigenvalue weighted by molar-refractivity contribution is 0.205. The molecule has 90 valence electrons. The zero-order valence-electron chi connectivity index (χ0n) is 9.54. The SMILES string of the molecule is COCCN(CCBr)c1ccc(Br)c(C)n1. The van der Waals surface area contributed by atoms with Crippen LogP contribution in [0.5, 0.6) is 0 Å². The molecule has 0 saturated heterocycles. The van der Waals surface area contributed by atoms with E-state index in [0.717, 1.165) is 34.4 Å². The van der Waals surface area contributed by atoms with Gasteiger partial charge in [0.05, 0.1) is 12.3 Å². The molecule has 5 heteroatoms. The van der Waals surface area contributed by atoms with Gasteiger partial charge >= 0.3 is 0 Å². The number of anilines is 1. The van der Waals surface area contributed by atoms with Gasteiger partial charge in [-0.1, -0.05) is 15.9 Å². The van der Waals surface area contributed by atoms with E-state index >= 15 is 0 Å². The molecular formula is C11H16Br2N2O. The van der Waals surface area contributed by atoms with Crippen molar-refractivity contribution in [3.63, 3.8) is 0 Å². The molecule has 0 saturated carbocycles. The minimum Gasteiger partial charge on any atom is -0.383 e. The van der Waals surface area contributed by atoms with Gasteiger partial charge in [0, 0.05) is 30.0 Å². The summed E-state index contributed by atoms with van der Waals surface area (Å²) in [5.41, 5.74) is 1.01. The number of aryl methyl sites for hydroxylation is 1. The minimum atomic E-state index is 0.712. The van der Waals surface area contributed by atoms with E-state index in [1.807, 2.05) is 19.1 Å². The Labute approximate surface area is 113 Å². The highest BCUT2D eigenvalue weighted by atomic mass is 79.9. The van der Waals surface area contributed by atoms with Crippen LogP contribution in [0.1, 0.15) is 5.69 Å². The number of aromatic nitrogens is 1. The zero-order chi connectivity index (χ0) is 12.0. The first-order valence-corrected chi connectivity index (χ1v) is 7.03. The van der Waals surface area contributed by atoms with Crippen LogP contribution in [0.15, 0.2) is 16.6 Å². The summed E-state index contributed by atoms with van der Waals surface area (Å²) in [6.07, 6.45) is 0. The summed E-state index contributed by atoms with van der Waals surface area (Å²) in [7, 11) is 1.71. The Morgan fingerprint density at radius 1 is 1.38 bits per heavy atom. The maximum Gasteiger partial charge on any atom is 0.128 e. The lowest BCUT2D eigenvalue weighted by atomic mass is 10.3. The molecule has 1 heterocycles. The van der Waals surface area contributed by atoms with Gasteiger partial charge in [-0.25, -0.2) is 4.98 Å². The maximum atomic E-state index is 5.10. The summed E-state index contributed by atoms with van der Waals surface area (Å²) in [4.78, 5) is 6.75. The Bertz CT molecular complexity index is 334. The normalized spacial score (nSPS) is 10.5. The van der Waals surface area contributed by atoms with Gasteiger partial charge in [-0.2, -0.15) is 0 Å². The van der Waals surface area contributed by atoms with Crippen molar-refractivity contribution in [1.29, 1.82) is 0 Å². The molecule has 0 bridgehead atoms. The zero-order valence-corrected chi connectivity index (χ0v) is 12.7. The molecule has 0 atom stereocenters. The van der Waals surface area contributed by atoms with Gasteiger partial charge in [0.15, 0.2) is 0 Å². The summed E-state index contributed by atoms with van der Waals surface area (Å²) >= 11 is 6.91. The number of ether oxygens (including phenoxy) is 1. The predicted molar refractivity (Wildman–Crippen MR) is 74.6 cm³/mol. The smallest absolute Gasteiger partial charge is 0.128 e. The van der Waals surface area contributed by atoms with Crippen LogP contribution in [0.4, 0.5) is 5.82 Å². The van der Waals surface area contributed by atoms with Crippen molar-refractivity contribution in [2.24, 2.45) is 0 Å². The number of halogens is 2. The van der Waals surface area contributed by atoms with Crippen LogP contribution < -0.4 is 4.90 Å². The Balaban J connectivity index is 2.78. The van der Waals surface area contributed by atoms with Crippen molar-refractivity contribution in [3.05, 3.63) is 22.3 Å². The molecule has 0 amide bonds. The summed E-state index contributed by atoms with van der Waals surface area (Å²) < 4.78 is 6.14. The van der Waals surface area contributed by atoms with Crippen molar-refractivity contribution >= 4 is 37.7 Å². The second-order valence-corrected chi connectivity index (χ2v) is 5.05. The molecule has 0 radical (unpaired) electrons. The van der Waals surface area contributed by atoms with Crippen molar-refractivity contribution < 1.29 is 4.74 Å². The number of pyridine rings is 1. The summed E-state index contributed by atoms with van der Waals surface area (Å²) in [6, 6.07) is 4.06. The Kier molecular flexibility index (Phi) is 6.31. The van der Waals surface area contributed by atoms with Crippen LogP contribution in [0.2, 0.25) is 0 Å². The fourth-order valence-corrected chi connectivity index (χ4v) is 2.00. The summed E-state index contributed by atoms with van der Waals surface area (Å²) in [6.45, 7) is 4.49. The fraction of sp³-hybridized carbons (Fsp3) is 0.545. The first-order chi connectivity index (χ1) is 7.69. The van der Waals surface area contributed by atoms with Gasteiger partial charge in [0.2, 0.25) is 0 Å². The van der Waals surface area contributed by atoms with Crippen LogP contribution in [0, 0.1) is 6.92 Å². The number of rotatable bonds is 6. The third-order valence-electron chi connectivity index (χ3n) is 2.25. The maximum absolute atomic E-state index is 5.10. The highest BCUT2D eigenvalue weighted by Crippen LogP contribution is 2.19. The average Bonchev–Trinajstić information content (AvgIpc) is 2.28. The Hall–Kier alpha value is -0.130. The Morgan fingerprint density at radius 2 is 2.12 bits per heavy atom. The van der Waals surface area contributed by atoms with Crippen molar-refractivity contribution in [1.82, 2.24) is 4.98 Å². The third kappa shape index (κ3) is 4.03. The molecular weight excluding hydrogens is 336 g/mol. The molecule has 0 spiro atoms. The van der Waals surface area contributed by atoms with Crippen LogP contribution in [-0.2, 0) is 4.74 Å². The molecule has 0 N–H and O–H groups in total. The Morgan fingerprint density at radius 3 is 2.69 bits per heavy atom. The minimum absolute atomic E-state index is 0.712. The highest BCUT2D eigenvalue weighted by molar-refractivity contribution is 9.10. The molecule has 0 aromatic carbocycles. The second kappa shape index (κ2) is 7.25. The van der Waals surface area contributed by atoms with E-state index in [1.165, 1.54) is 0 Å². The number of hydrogen-bond donors (Lipinski definition) is 0. The molecule has 1 aromatic heterocycles. The lowest BCUT2D eigenvalue weighted by Crippen LogP contribution is -2.30. The number of hydrogen-bond acceptors (Lipinski definition) is 3. The van der Waals surface area contributed by atoms with Gasteiger partial charge < -0.3 is 9.64 Å². The van der Waals surface area contributed by atoms with Crippen LogP contribution in [0.3, 0.4) is 0 Å². The second-order valence-electron chi connectivity index (χ2n) is 3.41. The van der Waals surface area contributed by atoms with E-state index in [4.69, 9.17) is 4.74 Å². The van der Waals surface area contributed by atoms with Gasteiger partial charge in [-0.15, -0.1) is 0 Å². The summed E-state index contributed by atoms with van der Waals surface area (Å²) in [5.74, 6) is 0.997.